The van der Waals surface area contributed by atoms with Gasteiger partial charge in [-0.25, -0.2) is 13.2 Å². The molecule has 0 aliphatic heterocycles. The minimum Gasteiger partial charge on any atom is -0.206 e. The Morgan fingerprint density at radius 3 is 2.42 bits per heavy atom. The Balaban J connectivity index is 1.94. The predicted octanol–water partition coefficient (Wildman–Crippen LogP) is 7.45. The van der Waals surface area contributed by atoms with Gasteiger partial charge < -0.3 is 0 Å². The van der Waals surface area contributed by atoms with Crippen LogP contribution in [-0.2, 0) is 6.42 Å². The molecule has 0 unspecified atom stereocenters. The number of benzene rings is 2. The largest absolute Gasteiger partial charge is 0.206 e. The van der Waals surface area contributed by atoms with Gasteiger partial charge in [-0.3, -0.25) is 0 Å². The average Bonchev–Trinajstić information content (AvgIpc) is 2.65. The zero-order valence-electron chi connectivity index (χ0n) is 15.5. The number of hydrogen-bond acceptors (Lipinski definition) is 0. The summed E-state index contributed by atoms with van der Waals surface area (Å²) in [7, 11) is 0. The van der Waals surface area contributed by atoms with Gasteiger partial charge in [0, 0.05) is 0 Å². The number of rotatable bonds is 6. The van der Waals surface area contributed by atoms with E-state index in [4.69, 9.17) is 0 Å². The van der Waals surface area contributed by atoms with Gasteiger partial charge in [0.1, 0.15) is 5.82 Å². The quantitative estimate of drug-likeness (QED) is 0.469. The summed E-state index contributed by atoms with van der Waals surface area (Å²) in [6, 6.07) is 5.06. The van der Waals surface area contributed by atoms with Crippen molar-refractivity contribution in [1.82, 2.24) is 0 Å². The van der Waals surface area contributed by atoms with Crippen LogP contribution in [0.4, 0.5) is 13.2 Å². The van der Waals surface area contributed by atoms with Gasteiger partial charge in [0.2, 0.25) is 0 Å². The highest BCUT2D eigenvalue weighted by Gasteiger charge is 2.27. The Bertz CT molecular complexity index is 786. The summed E-state index contributed by atoms with van der Waals surface area (Å²) in [6.45, 7) is 5.81. The first-order chi connectivity index (χ1) is 12.6. The van der Waals surface area contributed by atoms with Crippen LogP contribution in [0.1, 0.15) is 68.9 Å². The Morgan fingerprint density at radius 2 is 1.77 bits per heavy atom. The molecule has 0 amide bonds. The van der Waals surface area contributed by atoms with E-state index >= 15 is 0 Å². The summed E-state index contributed by atoms with van der Waals surface area (Å²) in [6.07, 6.45) is 9.00. The van der Waals surface area contributed by atoms with Crippen LogP contribution in [0.15, 0.2) is 30.9 Å². The Labute approximate surface area is 154 Å². The fraction of sp³-hybridized carbons (Fsp3) is 0.478. The van der Waals surface area contributed by atoms with Gasteiger partial charge in [-0.05, 0) is 72.9 Å². The van der Waals surface area contributed by atoms with Crippen LogP contribution >= 0.6 is 0 Å². The molecule has 0 spiro atoms. The number of fused-ring (bicyclic) bond motifs is 1. The van der Waals surface area contributed by atoms with Gasteiger partial charge in [0.25, 0.3) is 0 Å². The highest BCUT2D eigenvalue weighted by molar-refractivity contribution is 5.85. The number of allylic oxidation sites excluding steroid dienone is 1. The molecule has 3 rings (SSSR count). The van der Waals surface area contributed by atoms with Gasteiger partial charge in [-0.1, -0.05) is 38.0 Å². The molecule has 0 radical (unpaired) electrons. The first-order valence-corrected chi connectivity index (χ1v) is 9.76. The lowest BCUT2D eigenvalue weighted by Gasteiger charge is -2.29. The van der Waals surface area contributed by atoms with Crippen molar-refractivity contribution in [2.45, 2.75) is 64.2 Å². The van der Waals surface area contributed by atoms with E-state index < -0.39 is 17.5 Å². The molecule has 1 fully saturated rings. The molecule has 26 heavy (non-hydrogen) atoms. The molecule has 0 N–H and O–H groups in total. The maximum absolute atomic E-state index is 14.8. The van der Waals surface area contributed by atoms with Crippen molar-refractivity contribution in [3.63, 3.8) is 0 Å². The van der Waals surface area contributed by atoms with Gasteiger partial charge >= 0.3 is 0 Å². The first-order valence-electron chi connectivity index (χ1n) is 9.76. The van der Waals surface area contributed by atoms with E-state index in [1.807, 2.05) is 0 Å². The third-order valence-corrected chi connectivity index (χ3v) is 5.83. The van der Waals surface area contributed by atoms with Gasteiger partial charge in [-0.15, -0.1) is 6.58 Å². The summed E-state index contributed by atoms with van der Waals surface area (Å²) >= 11 is 0. The molecular weight excluding hydrogens is 333 g/mol. The molecule has 0 aromatic heterocycles. The lowest BCUT2D eigenvalue weighted by atomic mass is 9.76. The maximum atomic E-state index is 14.8. The molecule has 2 aromatic rings. The van der Waals surface area contributed by atoms with Crippen LogP contribution in [0.3, 0.4) is 0 Å². The van der Waals surface area contributed by atoms with E-state index in [1.54, 1.807) is 24.3 Å². The average molecular weight is 360 g/mol. The smallest absolute Gasteiger partial charge is 0.169 e. The third-order valence-electron chi connectivity index (χ3n) is 5.83. The monoisotopic (exact) mass is 360 g/mol. The molecule has 1 aliphatic rings. The van der Waals surface area contributed by atoms with Crippen molar-refractivity contribution in [2.24, 2.45) is 5.92 Å². The molecule has 140 valence electrons. The number of aryl methyl sites for hydroxylation is 1. The van der Waals surface area contributed by atoms with E-state index in [2.05, 4.69) is 13.5 Å². The molecule has 0 heterocycles. The minimum atomic E-state index is -1.04. The summed E-state index contributed by atoms with van der Waals surface area (Å²) in [5.74, 6) is -1.80. The lowest BCUT2D eigenvalue weighted by molar-refractivity contribution is 0.303. The Morgan fingerprint density at radius 1 is 1.04 bits per heavy atom. The third kappa shape index (κ3) is 3.67. The highest BCUT2D eigenvalue weighted by atomic mass is 19.2. The molecule has 0 atom stereocenters. The van der Waals surface area contributed by atoms with Crippen LogP contribution in [0.25, 0.3) is 10.8 Å². The van der Waals surface area contributed by atoms with Crippen molar-refractivity contribution >= 4 is 10.8 Å². The van der Waals surface area contributed by atoms with Crippen molar-refractivity contribution in [3.8, 4) is 0 Å². The van der Waals surface area contributed by atoms with Crippen LogP contribution < -0.4 is 0 Å². The molecule has 1 aliphatic carbocycles. The summed E-state index contributed by atoms with van der Waals surface area (Å²) in [5, 5.41) is 0.238. The van der Waals surface area contributed by atoms with Crippen molar-refractivity contribution in [3.05, 3.63) is 59.4 Å². The lowest BCUT2D eigenvalue weighted by Crippen LogP contribution is -2.15. The molecule has 3 heteroatoms. The molecule has 0 saturated heterocycles. The van der Waals surface area contributed by atoms with Crippen molar-refractivity contribution in [1.29, 1.82) is 0 Å². The fourth-order valence-corrected chi connectivity index (χ4v) is 4.36. The van der Waals surface area contributed by atoms with Gasteiger partial charge in [-0.2, -0.15) is 0 Å². The second-order valence-corrected chi connectivity index (χ2v) is 7.56. The van der Waals surface area contributed by atoms with Crippen LogP contribution in [-0.4, -0.2) is 0 Å². The van der Waals surface area contributed by atoms with Crippen molar-refractivity contribution in [2.75, 3.05) is 0 Å². The van der Waals surface area contributed by atoms with Gasteiger partial charge in [0.05, 0.1) is 5.39 Å². The summed E-state index contributed by atoms with van der Waals surface area (Å²) < 4.78 is 44.2. The topological polar surface area (TPSA) is 0 Å². The van der Waals surface area contributed by atoms with E-state index in [-0.39, 0.29) is 11.3 Å². The first kappa shape index (κ1) is 19.0. The standard InChI is InChI=1S/C23H27F3/c1-3-5-7-17-12-13-18-14-19(22(25)23(26)20(18)21(17)24)16-10-8-15(6-4-2)9-11-16/h3,12-16H,1,4-11H2,2H3. The fourth-order valence-electron chi connectivity index (χ4n) is 4.36. The molecular formula is C23H27F3. The number of halogens is 3. The van der Waals surface area contributed by atoms with E-state index in [9.17, 15) is 13.2 Å². The minimum absolute atomic E-state index is 0.0329. The second-order valence-electron chi connectivity index (χ2n) is 7.56. The van der Waals surface area contributed by atoms with E-state index in [0.29, 0.717) is 35.3 Å². The van der Waals surface area contributed by atoms with E-state index in [1.165, 1.54) is 12.8 Å². The molecule has 2 aromatic carbocycles. The molecule has 0 bridgehead atoms. The number of hydrogen-bond donors (Lipinski definition) is 0. The van der Waals surface area contributed by atoms with Crippen LogP contribution in [0.5, 0.6) is 0 Å². The van der Waals surface area contributed by atoms with Gasteiger partial charge in [0.15, 0.2) is 11.6 Å². The predicted molar refractivity (Wildman–Crippen MR) is 102 cm³/mol. The summed E-state index contributed by atoms with van der Waals surface area (Å²) in [5.41, 5.74) is 0.826. The SMILES string of the molecule is C=CCCc1ccc2cc(C3CCC(CCC)CC3)c(F)c(F)c2c1F. The zero-order chi connectivity index (χ0) is 18.7. The van der Waals surface area contributed by atoms with Crippen LogP contribution in [0, 0.1) is 23.4 Å². The Kier molecular flexibility index (Phi) is 6.05. The highest BCUT2D eigenvalue weighted by Crippen LogP contribution is 2.40. The molecule has 1 saturated carbocycles. The maximum Gasteiger partial charge on any atom is 0.169 e. The second kappa shape index (κ2) is 8.28. The normalized spacial score (nSPS) is 20.5. The van der Waals surface area contributed by atoms with Crippen LogP contribution in [0.2, 0.25) is 0 Å². The van der Waals surface area contributed by atoms with Crippen molar-refractivity contribution < 1.29 is 13.2 Å². The zero-order valence-corrected chi connectivity index (χ0v) is 15.5. The summed E-state index contributed by atoms with van der Waals surface area (Å²) in [4.78, 5) is 0. The molecule has 0 nitrogen and oxygen atoms in total. The Hall–Kier alpha value is -1.77. The van der Waals surface area contributed by atoms with E-state index in [0.717, 1.165) is 25.7 Å².